The number of ketones is 1. The Labute approximate surface area is 128 Å². The van der Waals surface area contributed by atoms with Crippen molar-refractivity contribution < 1.29 is 37.8 Å². The molecule has 0 amide bonds. The van der Waals surface area contributed by atoms with Gasteiger partial charge in [-0.2, -0.15) is 0 Å². The monoisotopic (exact) mass is 336 g/mol. The fourth-order valence-corrected chi connectivity index (χ4v) is 4.41. The highest BCUT2D eigenvalue weighted by atomic mass is 31.2. The molecule has 0 aromatic rings. The zero-order chi connectivity index (χ0) is 17.0. The average molecular weight is 336 g/mol. The smallest absolute Gasteiger partial charge is 0.344 e. The number of hydrogen-bond acceptors (Lipinski definition) is 7. The zero-order valence-corrected chi connectivity index (χ0v) is 13.8. The summed E-state index contributed by atoms with van der Waals surface area (Å²) in [7, 11) is -4.01. The predicted octanol–water partition coefficient (Wildman–Crippen LogP) is 1.62. The van der Waals surface area contributed by atoms with Gasteiger partial charge in [0.2, 0.25) is 0 Å². The van der Waals surface area contributed by atoms with Crippen molar-refractivity contribution in [3.63, 3.8) is 0 Å². The van der Waals surface area contributed by atoms with Crippen LogP contribution in [-0.4, -0.2) is 48.3 Å². The Morgan fingerprint density at radius 2 is 1.91 bits per heavy atom. The summed E-state index contributed by atoms with van der Waals surface area (Å²) in [6.45, 7) is 4.29. The van der Waals surface area contributed by atoms with Gasteiger partial charge in [0.25, 0.3) is 0 Å². The maximum atomic E-state index is 12.7. The number of aliphatic carboxylic acids is 1. The average Bonchev–Trinajstić information content (AvgIpc) is 2.78. The molecule has 0 aromatic carbocycles. The third-order valence-electron chi connectivity index (χ3n) is 3.65. The molecule has 2 atom stereocenters. The first-order chi connectivity index (χ1) is 10.2. The van der Waals surface area contributed by atoms with Gasteiger partial charge in [-0.25, -0.2) is 0 Å². The molecular formula is C13H21O8P. The fraction of sp³-hybridized carbons (Fsp3) is 0.769. The molecule has 1 unspecified atom stereocenters. The van der Waals surface area contributed by atoms with Crippen LogP contribution in [0, 0.1) is 5.41 Å². The summed E-state index contributed by atoms with van der Waals surface area (Å²) in [4.78, 5) is 35.4. The van der Waals surface area contributed by atoms with Crippen LogP contribution in [0.1, 0.15) is 33.6 Å². The molecule has 0 bridgehead atoms. The topological polar surface area (TPSA) is 116 Å². The second-order valence-electron chi connectivity index (χ2n) is 4.96. The van der Waals surface area contributed by atoms with Crippen molar-refractivity contribution in [1.82, 2.24) is 0 Å². The summed E-state index contributed by atoms with van der Waals surface area (Å²) < 4.78 is 27.7. The zero-order valence-electron chi connectivity index (χ0n) is 12.9. The molecule has 0 aliphatic carbocycles. The lowest BCUT2D eigenvalue weighted by atomic mass is 9.78. The van der Waals surface area contributed by atoms with Crippen molar-refractivity contribution in [1.29, 1.82) is 0 Å². The Kier molecular flexibility index (Phi) is 6.28. The first-order valence-electron chi connectivity index (χ1n) is 7.03. The summed E-state index contributed by atoms with van der Waals surface area (Å²) in [5.41, 5.74) is -3.21. The molecule has 22 heavy (non-hydrogen) atoms. The van der Waals surface area contributed by atoms with Crippen LogP contribution in [0.25, 0.3) is 0 Å². The van der Waals surface area contributed by atoms with Gasteiger partial charge in [-0.05, 0) is 27.2 Å². The second-order valence-corrected chi connectivity index (χ2v) is 7.18. The van der Waals surface area contributed by atoms with E-state index in [1.807, 2.05) is 0 Å². The van der Waals surface area contributed by atoms with Gasteiger partial charge in [-0.1, -0.05) is 0 Å². The fourth-order valence-electron chi connectivity index (χ4n) is 2.45. The van der Waals surface area contributed by atoms with Crippen LogP contribution >= 0.6 is 7.60 Å². The number of ether oxygens (including phenoxy) is 1. The number of hydrogen-bond donors (Lipinski definition) is 1. The van der Waals surface area contributed by atoms with Crippen molar-refractivity contribution in [2.45, 2.75) is 39.3 Å². The third kappa shape index (κ3) is 3.56. The van der Waals surface area contributed by atoms with Crippen LogP contribution in [0.4, 0.5) is 0 Å². The lowest BCUT2D eigenvalue weighted by molar-refractivity contribution is -0.151. The Morgan fingerprint density at radius 3 is 2.23 bits per heavy atom. The number of carbonyl (C=O) groups excluding carboxylic acids is 2. The molecule has 1 aliphatic rings. The van der Waals surface area contributed by atoms with Crippen molar-refractivity contribution in [2.75, 3.05) is 19.8 Å². The molecule has 9 heteroatoms. The number of cyclic esters (lactones) is 1. The predicted molar refractivity (Wildman–Crippen MR) is 75.6 cm³/mol. The Morgan fingerprint density at radius 1 is 1.36 bits per heavy atom. The van der Waals surface area contributed by atoms with Gasteiger partial charge in [-0.15, -0.1) is 0 Å². The molecule has 0 spiro atoms. The molecule has 0 saturated carbocycles. The molecule has 1 rings (SSSR count). The van der Waals surface area contributed by atoms with Gasteiger partial charge in [0, 0.05) is 6.42 Å². The normalized spacial score (nSPS) is 23.1. The molecule has 8 nitrogen and oxygen atoms in total. The number of carboxylic acids is 1. The molecule has 0 aromatic heterocycles. The first kappa shape index (κ1) is 18.8. The molecule has 126 valence electrons. The summed E-state index contributed by atoms with van der Waals surface area (Å²) in [5, 5.41) is 9.41. The van der Waals surface area contributed by atoms with Crippen LogP contribution in [0.2, 0.25) is 0 Å². The highest BCUT2D eigenvalue weighted by Crippen LogP contribution is 2.57. The maximum absolute atomic E-state index is 12.7. The lowest BCUT2D eigenvalue weighted by Gasteiger charge is -2.29. The third-order valence-corrected chi connectivity index (χ3v) is 6.06. The molecule has 1 aliphatic heterocycles. The highest BCUT2D eigenvalue weighted by Gasteiger charge is 2.55. The first-order valence-corrected chi connectivity index (χ1v) is 8.64. The van der Waals surface area contributed by atoms with Gasteiger partial charge in [0.1, 0.15) is 11.2 Å². The summed E-state index contributed by atoms with van der Waals surface area (Å²) >= 11 is 0. The number of carbonyl (C=O) groups is 3. The van der Waals surface area contributed by atoms with E-state index < -0.39 is 42.8 Å². The van der Waals surface area contributed by atoms with Gasteiger partial charge in [-0.3, -0.25) is 18.9 Å². The summed E-state index contributed by atoms with van der Waals surface area (Å²) in [6, 6.07) is 0. The van der Waals surface area contributed by atoms with Crippen molar-refractivity contribution in [3.05, 3.63) is 0 Å². The van der Waals surface area contributed by atoms with E-state index in [4.69, 9.17) is 13.8 Å². The number of rotatable bonds is 9. The maximum Gasteiger partial charge on any atom is 0.344 e. The molecule has 0 radical (unpaired) electrons. The highest BCUT2D eigenvalue weighted by molar-refractivity contribution is 7.55. The van der Waals surface area contributed by atoms with E-state index in [9.17, 15) is 24.1 Å². The number of esters is 1. The van der Waals surface area contributed by atoms with E-state index in [1.165, 1.54) is 6.92 Å². The van der Waals surface area contributed by atoms with Gasteiger partial charge >= 0.3 is 19.5 Å². The van der Waals surface area contributed by atoms with Gasteiger partial charge in [0.05, 0.1) is 19.8 Å². The van der Waals surface area contributed by atoms with Crippen LogP contribution in [-0.2, 0) is 32.7 Å². The summed E-state index contributed by atoms with van der Waals surface area (Å²) in [5.74, 6) is -2.74. The van der Waals surface area contributed by atoms with Crippen molar-refractivity contribution in [2.24, 2.45) is 5.41 Å². The molecule has 1 heterocycles. The lowest BCUT2D eigenvalue weighted by Crippen LogP contribution is -2.40. The van der Waals surface area contributed by atoms with Crippen LogP contribution < -0.4 is 0 Å². The Bertz CT molecular complexity index is 492. The largest absolute Gasteiger partial charge is 0.481 e. The van der Waals surface area contributed by atoms with Gasteiger partial charge in [0.15, 0.2) is 5.66 Å². The number of carboxylic acid groups (broad SMARTS) is 1. The van der Waals surface area contributed by atoms with Crippen molar-refractivity contribution in [3.8, 4) is 0 Å². The summed E-state index contributed by atoms with van der Waals surface area (Å²) in [6.07, 6.45) is -0.406. The second kappa shape index (κ2) is 7.35. The van der Waals surface area contributed by atoms with Crippen LogP contribution in [0.3, 0.4) is 0 Å². The minimum Gasteiger partial charge on any atom is -0.481 e. The van der Waals surface area contributed by atoms with Gasteiger partial charge < -0.3 is 18.9 Å². The van der Waals surface area contributed by atoms with Crippen LogP contribution in [0.15, 0.2) is 0 Å². The van der Waals surface area contributed by atoms with E-state index in [0.29, 0.717) is 0 Å². The Balaban J connectivity index is 3.20. The standard InChI is InChI=1S/C13H21O8P/c1-4-20-22(18,21-5-2)10(11(15)16)8-13(9(3)14)6-7-19-12(13)17/h10H,4-8H2,1-3H3,(H,15,16)/t10?,13-/m1/s1. The molecule has 1 fully saturated rings. The molecular weight excluding hydrogens is 315 g/mol. The van der Waals surface area contributed by atoms with E-state index in [0.717, 1.165) is 0 Å². The van der Waals surface area contributed by atoms with Crippen LogP contribution in [0.5, 0.6) is 0 Å². The molecule has 1 saturated heterocycles. The minimum absolute atomic E-state index is 0.0153. The van der Waals surface area contributed by atoms with E-state index in [2.05, 4.69) is 0 Å². The quantitative estimate of drug-likeness (QED) is 0.383. The number of Topliss-reactive ketones (excluding diaryl/α,β-unsaturated/α-hetero) is 1. The molecule has 1 N–H and O–H groups in total. The van der Waals surface area contributed by atoms with E-state index >= 15 is 0 Å². The Hall–Kier alpha value is -1.24. The van der Waals surface area contributed by atoms with E-state index in [1.54, 1.807) is 13.8 Å². The SMILES string of the molecule is CCOP(=O)(OCC)C(C[C@@]1(C(C)=O)CCOC1=O)C(=O)O. The minimum atomic E-state index is -4.01. The van der Waals surface area contributed by atoms with E-state index in [-0.39, 0.29) is 26.2 Å². The van der Waals surface area contributed by atoms with Crippen molar-refractivity contribution >= 4 is 25.3 Å².